The van der Waals surface area contributed by atoms with Crippen LogP contribution in [0.1, 0.15) is 29.2 Å². The number of rotatable bonds is 7. The van der Waals surface area contributed by atoms with Crippen LogP contribution in [0.2, 0.25) is 0 Å². The van der Waals surface area contributed by atoms with Gasteiger partial charge in [0.25, 0.3) is 0 Å². The molecule has 182 valence electrons. The summed E-state index contributed by atoms with van der Waals surface area (Å²) in [6.45, 7) is 4.41. The van der Waals surface area contributed by atoms with E-state index in [-0.39, 0.29) is 11.8 Å². The van der Waals surface area contributed by atoms with Gasteiger partial charge >= 0.3 is 0 Å². The van der Waals surface area contributed by atoms with Crippen LogP contribution in [0, 0.1) is 12.7 Å². The zero-order valence-electron chi connectivity index (χ0n) is 19.6. The monoisotopic (exact) mass is 493 g/mol. The van der Waals surface area contributed by atoms with Crippen LogP contribution in [0.15, 0.2) is 47.8 Å². The van der Waals surface area contributed by atoms with Crippen LogP contribution in [0.3, 0.4) is 0 Å². The Morgan fingerprint density at radius 1 is 1.14 bits per heavy atom. The van der Waals surface area contributed by atoms with Crippen molar-refractivity contribution in [3.63, 3.8) is 0 Å². The number of hydrazone groups is 1. The molecular formula is C25H28FN7OS. The van der Waals surface area contributed by atoms with Crippen molar-refractivity contribution < 1.29 is 9.13 Å². The number of halogens is 1. The van der Waals surface area contributed by atoms with Crippen LogP contribution in [0.25, 0.3) is 0 Å². The van der Waals surface area contributed by atoms with Gasteiger partial charge in [0.05, 0.1) is 43.2 Å². The molecule has 1 unspecified atom stereocenters. The molecule has 5 rings (SSSR count). The summed E-state index contributed by atoms with van der Waals surface area (Å²) < 4.78 is 19.5. The molecule has 2 aromatic heterocycles. The SMILES string of the molecule is Cc1cc(Nc2ccc(/C=N/Nc3ncc(F)c(N4CCOCC4)n3)nc2)cc(C2CCSC2)c1. The number of anilines is 4. The van der Waals surface area contributed by atoms with Gasteiger partial charge in [0.15, 0.2) is 11.6 Å². The quantitative estimate of drug-likeness (QED) is 0.366. The minimum absolute atomic E-state index is 0.221. The Balaban J connectivity index is 1.20. The summed E-state index contributed by atoms with van der Waals surface area (Å²) in [7, 11) is 0. The molecule has 2 fully saturated rings. The first kappa shape index (κ1) is 23.5. The van der Waals surface area contributed by atoms with Gasteiger partial charge in [0.1, 0.15) is 0 Å². The fraction of sp³-hybridized carbons (Fsp3) is 0.360. The normalized spacial score (nSPS) is 18.2. The molecule has 0 spiro atoms. The summed E-state index contributed by atoms with van der Waals surface area (Å²) in [6.07, 6.45) is 5.75. The molecule has 1 aromatic carbocycles. The summed E-state index contributed by atoms with van der Waals surface area (Å²) >= 11 is 2.03. The van der Waals surface area contributed by atoms with Gasteiger partial charge < -0.3 is 15.0 Å². The molecule has 0 saturated carbocycles. The minimum atomic E-state index is -0.464. The number of hydrogen-bond acceptors (Lipinski definition) is 9. The number of hydrogen-bond donors (Lipinski definition) is 2. The zero-order chi connectivity index (χ0) is 24.0. The lowest BCUT2D eigenvalue weighted by Gasteiger charge is -2.27. The summed E-state index contributed by atoms with van der Waals surface area (Å²) in [4.78, 5) is 14.5. The van der Waals surface area contributed by atoms with Crippen molar-refractivity contribution in [2.75, 3.05) is 53.5 Å². The fourth-order valence-electron chi connectivity index (χ4n) is 4.21. The van der Waals surface area contributed by atoms with E-state index in [1.54, 1.807) is 12.4 Å². The van der Waals surface area contributed by atoms with Gasteiger partial charge in [-0.1, -0.05) is 6.07 Å². The fourth-order valence-corrected chi connectivity index (χ4v) is 5.47. The second-order valence-corrected chi connectivity index (χ2v) is 9.77. The number of pyridine rings is 1. The van der Waals surface area contributed by atoms with Crippen molar-refractivity contribution in [2.45, 2.75) is 19.3 Å². The van der Waals surface area contributed by atoms with Gasteiger partial charge in [-0.3, -0.25) is 4.98 Å². The van der Waals surface area contributed by atoms with Crippen LogP contribution in [-0.4, -0.2) is 59.0 Å². The predicted molar refractivity (Wildman–Crippen MR) is 140 cm³/mol. The van der Waals surface area contributed by atoms with Gasteiger partial charge in [0.2, 0.25) is 5.95 Å². The maximum absolute atomic E-state index is 14.2. The largest absolute Gasteiger partial charge is 0.378 e. The number of aryl methyl sites for hydroxylation is 1. The lowest BCUT2D eigenvalue weighted by atomic mass is 9.96. The van der Waals surface area contributed by atoms with Crippen LogP contribution in [-0.2, 0) is 4.74 Å². The summed E-state index contributed by atoms with van der Waals surface area (Å²) in [5.41, 5.74) is 8.07. The van der Waals surface area contributed by atoms with Crippen molar-refractivity contribution in [3.8, 4) is 0 Å². The Morgan fingerprint density at radius 2 is 2.03 bits per heavy atom. The van der Waals surface area contributed by atoms with E-state index in [4.69, 9.17) is 4.74 Å². The van der Waals surface area contributed by atoms with E-state index in [1.807, 2.05) is 28.8 Å². The van der Waals surface area contributed by atoms with Crippen molar-refractivity contribution in [2.24, 2.45) is 5.10 Å². The number of nitrogens with zero attached hydrogens (tertiary/aromatic N) is 5. The van der Waals surface area contributed by atoms with Gasteiger partial charge in [-0.05, 0) is 60.4 Å². The first-order valence-corrected chi connectivity index (χ1v) is 12.9. The Hall–Kier alpha value is -3.24. The molecule has 2 aliphatic rings. The van der Waals surface area contributed by atoms with E-state index in [9.17, 15) is 4.39 Å². The molecule has 2 saturated heterocycles. The molecule has 35 heavy (non-hydrogen) atoms. The molecule has 8 nitrogen and oxygen atoms in total. The van der Waals surface area contributed by atoms with E-state index in [1.165, 1.54) is 29.1 Å². The van der Waals surface area contributed by atoms with Crippen molar-refractivity contribution in [1.29, 1.82) is 0 Å². The maximum atomic E-state index is 14.2. The molecule has 3 aromatic rings. The zero-order valence-corrected chi connectivity index (χ0v) is 20.4. The van der Waals surface area contributed by atoms with Crippen LogP contribution < -0.4 is 15.6 Å². The highest BCUT2D eigenvalue weighted by molar-refractivity contribution is 7.99. The molecular weight excluding hydrogens is 465 g/mol. The Labute approximate surface area is 208 Å². The van der Waals surface area contributed by atoms with Crippen molar-refractivity contribution in [3.05, 3.63) is 65.4 Å². The Morgan fingerprint density at radius 3 is 2.80 bits per heavy atom. The third kappa shape index (κ3) is 6.07. The second-order valence-electron chi connectivity index (χ2n) is 8.62. The van der Waals surface area contributed by atoms with Crippen LogP contribution in [0.5, 0.6) is 0 Å². The number of nitrogens with one attached hydrogen (secondary N) is 2. The van der Waals surface area contributed by atoms with Crippen LogP contribution >= 0.6 is 11.8 Å². The maximum Gasteiger partial charge on any atom is 0.245 e. The standard InChI is InChI=1S/C25H28FN7OS/c1-17-10-19(18-4-9-35-16-18)12-22(11-17)30-21-3-2-20(27-13-21)14-29-32-25-28-15-23(26)24(31-25)33-5-7-34-8-6-33/h2-3,10-15,18,30H,4-9,16H2,1H3,(H,28,31,32)/b29-14+. The molecule has 4 heterocycles. The second kappa shape index (κ2) is 11.0. The summed E-state index contributed by atoms with van der Waals surface area (Å²) in [5, 5.41) is 7.62. The first-order valence-electron chi connectivity index (χ1n) is 11.7. The lowest BCUT2D eigenvalue weighted by Crippen LogP contribution is -2.37. The van der Waals surface area contributed by atoms with E-state index >= 15 is 0 Å². The highest BCUT2D eigenvalue weighted by atomic mass is 32.2. The molecule has 0 bridgehead atoms. The Kier molecular flexibility index (Phi) is 7.39. The first-order chi connectivity index (χ1) is 17.1. The van der Waals surface area contributed by atoms with E-state index < -0.39 is 5.82 Å². The molecule has 0 aliphatic carbocycles. The smallest absolute Gasteiger partial charge is 0.245 e. The number of morpholine rings is 1. The van der Waals surface area contributed by atoms with Gasteiger partial charge in [-0.15, -0.1) is 0 Å². The third-order valence-corrected chi connectivity index (χ3v) is 7.14. The van der Waals surface area contributed by atoms with Gasteiger partial charge in [-0.2, -0.15) is 21.8 Å². The predicted octanol–water partition coefficient (Wildman–Crippen LogP) is 4.57. The molecule has 10 heteroatoms. The molecule has 2 aliphatic heterocycles. The van der Waals surface area contributed by atoms with Gasteiger partial charge in [-0.25, -0.2) is 14.8 Å². The van der Waals surface area contributed by atoms with Crippen molar-refractivity contribution >= 4 is 41.1 Å². The average molecular weight is 494 g/mol. The average Bonchev–Trinajstić information content (AvgIpc) is 3.42. The number of thioether (sulfide) groups is 1. The molecule has 0 radical (unpaired) electrons. The third-order valence-electron chi connectivity index (χ3n) is 5.97. The van der Waals surface area contributed by atoms with E-state index in [2.05, 4.69) is 55.9 Å². The van der Waals surface area contributed by atoms with Crippen molar-refractivity contribution in [1.82, 2.24) is 15.0 Å². The van der Waals surface area contributed by atoms with Gasteiger partial charge in [0, 0.05) is 24.5 Å². The highest BCUT2D eigenvalue weighted by Gasteiger charge is 2.19. The minimum Gasteiger partial charge on any atom is -0.378 e. The lowest BCUT2D eigenvalue weighted by molar-refractivity contribution is 0.122. The van der Waals surface area contributed by atoms with Crippen LogP contribution in [0.4, 0.5) is 27.5 Å². The molecule has 0 amide bonds. The van der Waals surface area contributed by atoms with E-state index in [0.717, 1.165) is 17.6 Å². The summed E-state index contributed by atoms with van der Waals surface area (Å²) in [5.74, 6) is 3.09. The number of benzene rings is 1. The molecule has 1 atom stereocenters. The highest BCUT2D eigenvalue weighted by Crippen LogP contribution is 2.34. The topological polar surface area (TPSA) is 87.6 Å². The Bertz CT molecular complexity index is 1180. The number of aromatic nitrogens is 3. The number of ether oxygens (including phenoxy) is 1. The molecule has 2 N–H and O–H groups in total. The summed E-state index contributed by atoms with van der Waals surface area (Å²) in [6, 6.07) is 10.5. The van der Waals surface area contributed by atoms with E-state index in [0.29, 0.717) is 37.9 Å².